The minimum atomic E-state index is -0.558. The number of para-hydroxylation sites is 3. The molecule has 1 atom stereocenters. The maximum absolute atomic E-state index is 6.85. The molecule has 1 heterocycles. The summed E-state index contributed by atoms with van der Waals surface area (Å²) in [7, 11) is 0. The third kappa shape index (κ3) is 3.45. The van der Waals surface area contributed by atoms with Crippen molar-refractivity contribution in [2.45, 2.75) is 5.41 Å². The van der Waals surface area contributed by atoms with Crippen LogP contribution in [-0.4, -0.2) is 0 Å². The van der Waals surface area contributed by atoms with Crippen molar-refractivity contribution in [3.8, 4) is 22.3 Å². The Bertz CT molecular complexity index is 2730. The highest BCUT2D eigenvalue weighted by Crippen LogP contribution is 2.63. The van der Waals surface area contributed by atoms with Gasteiger partial charge in [-0.2, -0.15) is 0 Å². The third-order valence-corrected chi connectivity index (χ3v) is 10.8. The Balaban J connectivity index is 1.30. The molecule has 9 aromatic rings. The van der Waals surface area contributed by atoms with E-state index in [0.29, 0.717) is 0 Å². The van der Waals surface area contributed by atoms with Crippen LogP contribution in [0.3, 0.4) is 0 Å². The van der Waals surface area contributed by atoms with Crippen molar-refractivity contribution in [2.24, 2.45) is 0 Å². The second-order valence-electron chi connectivity index (χ2n) is 13.2. The number of furan rings is 1. The molecule has 1 unspecified atom stereocenters. The summed E-state index contributed by atoms with van der Waals surface area (Å²) in [6.45, 7) is 0. The highest BCUT2D eigenvalue weighted by molar-refractivity contribution is 6.16. The number of hydrogen-bond acceptors (Lipinski definition) is 2. The SMILES string of the molecule is c1ccc(N(c2ccccc2)c2ccc3c(c2)C2(c4ccccc4-3)c3ccc4c(oc5ccccc54)c3-c3cccc4cccc2c34)cc1. The van der Waals surface area contributed by atoms with Gasteiger partial charge in [0.15, 0.2) is 0 Å². The fourth-order valence-corrected chi connectivity index (χ4v) is 8.96. The number of benzene rings is 8. The molecule has 0 radical (unpaired) electrons. The second kappa shape index (κ2) is 9.82. The first-order valence-corrected chi connectivity index (χ1v) is 16.9. The van der Waals surface area contributed by atoms with Crippen LogP contribution in [-0.2, 0) is 5.41 Å². The lowest BCUT2D eigenvalue weighted by Gasteiger charge is -2.40. The van der Waals surface area contributed by atoms with Gasteiger partial charge in [0.2, 0.25) is 0 Å². The topological polar surface area (TPSA) is 16.4 Å². The van der Waals surface area contributed by atoms with E-state index in [9.17, 15) is 0 Å². The smallest absolute Gasteiger partial charge is 0.143 e. The first-order chi connectivity index (χ1) is 24.3. The summed E-state index contributed by atoms with van der Waals surface area (Å²) >= 11 is 0. The molecule has 0 fully saturated rings. The highest BCUT2D eigenvalue weighted by Gasteiger charge is 2.51. The lowest BCUT2D eigenvalue weighted by Crippen LogP contribution is -2.32. The summed E-state index contributed by atoms with van der Waals surface area (Å²) in [6, 6.07) is 64.2. The van der Waals surface area contributed by atoms with E-state index in [-0.39, 0.29) is 0 Å². The number of hydrogen-bond donors (Lipinski definition) is 0. The van der Waals surface area contributed by atoms with Crippen molar-refractivity contribution < 1.29 is 4.42 Å². The highest BCUT2D eigenvalue weighted by atomic mass is 16.3. The van der Waals surface area contributed by atoms with E-state index in [4.69, 9.17) is 4.42 Å². The fourth-order valence-electron chi connectivity index (χ4n) is 8.96. The molecule has 0 amide bonds. The van der Waals surface area contributed by atoms with Gasteiger partial charge in [-0.25, -0.2) is 0 Å². The van der Waals surface area contributed by atoms with E-state index >= 15 is 0 Å². The second-order valence-corrected chi connectivity index (χ2v) is 13.2. The van der Waals surface area contributed by atoms with Gasteiger partial charge in [0.1, 0.15) is 11.2 Å². The van der Waals surface area contributed by atoms with Crippen molar-refractivity contribution in [3.05, 3.63) is 198 Å². The van der Waals surface area contributed by atoms with Crippen LogP contribution in [0.5, 0.6) is 0 Å². The molecule has 228 valence electrons. The Morgan fingerprint density at radius 1 is 0.408 bits per heavy atom. The van der Waals surface area contributed by atoms with E-state index in [1.54, 1.807) is 0 Å². The molecular formula is C47H29NO. The summed E-state index contributed by atoms with van der Waals surface area (Å²) < 4.78 is 6.85. The van der Waals surface area contributed by atoms with E-state index in [2.05, 4.69) is 181 Å². The van der Waals surface area contributed by atoms with Crippen molar-refractivity contribution in [1.82, 2.24) is 0 Å². The Morgan fingerprint density at radius 2 is 1.06 bits per heavy atom. The fraction of sp³-hybridized carbons (Fsp3) is 0.0213. The summed E-state index contributed by atoms with van der Waals surface area (Å²) in [5.41, 5.74) is 14.8. The van der Waals surface area contributed by atoms with Gasteiger partial charge < -0.3 is 9.32 Å². The van der Waals surface area contributed by atoms with Gasteiger partial charge in [0.25, 0.3) is 0 Å². The predicted molar refractivity (Wildman–Crippen MR) is 202 cm³/mol. The van der Waals surface area contributed by atoms with Gasteiger partial charge in [-0.15, -0.1) is 0 Å². The Kier molecular flexibility index (Phi) is 5.34. The zero-order valence-corrected chi connectivity index (χ0v) is 26.6. The van der Waals surface area contributed by atoms with Crippen LogP contribution < -0.4 is 4.90 Å². The molecule has 1 spiro atoms. The number of fused-ring (bicyclic) bond motifs is 13. The van der Waals surface area contributed by atoms with Gasteiger partial charge in [-0.05, 0) is 92.2 Å². The molecule has 2 aliphatic carbocycles. The van der Waals surface area contributed by atoms with Crippen molar-refractivity contribution in [2.75, 3.05) is 4.90 Å². The van der Waals surface area contributed by atoms with Crippen LogP contribution in [0, 0.1) is 0 Å². The van der Waals surface area contributed by atoms with Crippen molar-refractivity contribution in [1.29, 1.82) is 0 Å². The Morgan fingerprint density at radius 3 is 1.88 bits per heavy atom. The number of anilines is 3. The summed E-state index contributed by atoms with van der Waals surface area (Å²) in [5.74, 6) is 0. The normalized spacial score (nSPS) is 15.4. The van der Waals surface area contributed by atoms with E-state index < -0.39 is 5.41 Å². The molecule has 1 aromatic heterocycles. The Hall–Kier alpha value is -6.38. The lowest BCUT2D eigenvalue weighted by molar-refractivity contribution is 0.667. The van der Waals surface area contributed by atoms with Crippen molar-refractivity contribution >= 4 is 49.8 Å². The van der Waals surface area contributed by atoms with Crippen LogP contribution in [0.25, 0.3) is 55.0 Å². The molecular weight excluding hydrogens is 595 g/mol. The molecule has 8 aromatic carbocycles. The van der Waals surface area contributed by atoms with Crippen LogP contribution in [0.1, 0.15) is 22.3 Å². The molecule has 0 bridgehead atoms. The monoisotopic (exact) mass is 623 g/mol. The van der Waals surface area contributed by atoms with E-state index in [1.807, 2.05) is 0 Å². The molecule has 2 nitrogen and oxygen atoms in total. The quantitative estimate of drug-likeness (QED) is 0.195. The van der Waals surface area contributed by atoms with Crippen LogP contribution in [0.4, 0.5) is 17.1 Å². The molecule has 0 saturated carbocycles. The summed E-state index contributed by atoms with van der Waals surface area (Å²) in [5, 5.41) is 4.84. The minimum Gasteiger partial charge on any atom is -0.455 e. The van der Waals surface area contributed by atoms with Crippen LogP contribution >= 0.6 is 0 Å². The zero-order chi connectivity index (χ0) is 32.1. The lowest BCUT2D eigenvalue weighted by atomic mass is 9.61. The van der Waals surface area contributed by atoms with Gasteiger partial charge in [-0.1, -0.05) is 133 Å². The van der Waals surface area contributed by atoms with Crippen LogP contribution in [0.2, 0.25) is 0 Å². The van der Waals surface area contributed by atoms with Gasteiger partial charge in [-0.3, -0.25) is 0 Å². The Labute approximate surface area is 284 Å². The van der Waals surface area contributed by atoms with Crippen molar-refractivity contribution in [3.63, 3.8) is 0 Å². The van der Waals surface area contributed by atoms with E-state index in [1.165, 1.54) is 55.3 Å². The first-order valence-electron chi connectivity index (χ1n) is 16.9. The molecule has 49 heavy (non-hydrogen) atoms. The number of rotatable bonds is 3. The van der Waals surface area contributed by atoms with Gasteiger partial charge in [0.05, 0.1) is 5.41 Å². The van der Waals surface area contributed by atoms with Gasteiger partial charge >= 0.3 is 0 Å². The zero-order valence-electron chi connectivity index (χ0n) is 26.6. The average molecular weight is 624 g/mol. The first kappa shape index (κ1) is 26.7. The molecule has 2 aliphatic rings. The minimum absolute atomic E-state index is 0.558. The van der Waals surface area contributed by atoms with Gasteiger partial charge in [0, 0.05) is 33.4 Å². The predicted octanol–water partition coefficient (Wildman–Crippen LogP) is 12.6. The maximum Gasteiger partial charge on any atom is 0.143 e. The molecule has 0 N–H and O–H groups in total. The maximum atomic E-state index is 6.85. The average Bonchev–Trinajstić information content (AvgIpc) is 3.68. The molecule has 2 heteroatoms. The summed E-state index contributed by atoms with van der Waals surface area (Å²) in [4.78, 5) is 2.37. The molecule has 11 rings (SSSR count). The summed E-state index contributed by atoms with van der Waals surface area (Å²) in [6.07, 6.45) is 0. The number of nitrogens with zero attached hydrogens (tertiary/aromatic N) is 1. The van der Waals surface area contributed by atoms with E-state index in [0.717, 1.165) is 39.0 Å². The molecule has 0 saturated heterocycles. The third-order valence-electron chi connectivity index (χ3n) is 10.8. The molecule has 0 aliphatic heterocycles. The standard InChI is InChI=1S/C47H29NO/c1-3-15-31(16-4-1)48(32-17-5-2-6-18-32)33-25-26-35-34-19-7-9-22-39(34)47(42(35)29-33)40-23-12-14-30-13-11-21-38(44(30)40)45-41(47)28-27-37-36-20-8-10-24-43(36)49-46(37)45/h1-29H. The largest absolute Gasteiger partial charge is 0.455 e. The van der Waals surface area contributed by atoms with Crippen LogP contribution in [0.15, 0.2) is 180 Å².